The molecular weight excluding hydrogens is 320 g/mol. The van der Waals surface area contributed by atoms with Crippen molar-refractivity contribution in [3.05, 3.63) is 59.4 Å². The van der Waals surface area contributed by atoms with Gasteiger partial charge in [0.1, 0.15) is 17.5 Å². The van der Waals surface area contributed by atoms with E-state index in [4.69, 9.17) is 14.6 Å². The van der Waals surface area contributed by atoms with Crippen LogP contribution < -0.4 is 10.1 Å². The van der Waals surface area contributed by atoms with E-state index in [-0.39, 0.29) is 24.7 Å². The van der Waals surface area contributed by atoms with E-state index < -0.39 is 0 Å². The number of rotatable bonds is 5. The highest BCUT2D eigenvalue weighted by Crippen LogP contribution is 2.19. The van der Waals surface area contributed by atoms with Gasteiger partial charge in [0.25, 0.3) is 5.91 Å². The van der Waals surface area contributed by atoms with Crippen molar-refractivity contribution < 1.29 is 19.4 Å². The molecule has 0 unspecified atom stereocenters. The van der Waals surface area contributed by atoms with Crippen LogP contribution in [0.3, 0.4) is 0 Å². The van der Waals surface area contributed by atoms with Crippen LogP contribution in [0.25, 0.3) is 0 Å². The number of pyridine rings is 1. The summed E-state index contributed by atoms with van der Waals surface area (Å²) in [7, 11) is 0. The van der Waals surface area contributed by atoms with Crippen LogP contribution in [-0.2, 0) is 11.3 Å². The molecule has 0 saturated carbocycles. The van der Waals surface area contributed by atoms with E-state index in [9.17, 15) is 4.79 Å². The molecule has 2 heterocycles. The van der Waals surface area contributed by atoms with Gasteiger partial charge in [-0.2, -0.15) is 0 Å². The molecule has 0 bridgehead atoms. The van der Waals surface area contributed by atoms with E-state index in [1.807, 2.05) is 43.3 Å². The summed E-state index contributed by atoms with van der Waals surface area (Å²) in [5.74, 6) is 0.482. The van der Waals surface area contributed by atoms with Gasteiger partial charge in [0.2, 0.25) is 0 Å². The van der Waals surface area contributed by atoms with Crippen molar-refractivity contribution in [2.75, 3.05) is 13.2 Å². The molecule has 6 nitrogen and oxygen atoms in total. The molecule has 6 heteroatoms. The van der Waals surface area contributed by atoms with Crippen LogP contribution in [0.4, 0.5) is 0 Å². The first-order valence-electron chi connectivity index (χ1n) is 8.34. The van der Waals surface area contributed by atoms with E-state index >= 15 is 0 Å². The van der Waals surface area contributed by atoms with E-state index in [0.717, 1.165) is 11.1 Å². The second-order valence-corrected chi connectivity index (χ2v) is 6.07. The lowest BCUT2D eigenvalue weighted by atomic mass is 10.1. The Morgan fingerprint density at radius 1 is 1.36 bits per heavy atom. The van der Waals surface area contributed by atoms with Crippen LogP contribution >= 0.6 is 0 Å². The quantitative estimate of drug-likeness (QED) is 0.867. The molecule has 25 heavy (non-hydrogen) atoms. The first-order valence-corrected chi connectivity index (χ1v) is 8.34. The summed E-state index contributed by atoms with van der Waals surface area (Å²) in [5.41, 5.74) is 2.09. The molecule has 1 aliphatic heterocycles. The molecule has 2 aromatic rings. The van der Waals surface area contributed by atoms with Crippen molar-refractivity contribution >= 4 is 5.91 Å². The number of aromatic nitrogens is 1. The predicted octanol–water partition coefficient (Wildman–Crippen LogP) is 1.85. The molecule has 2 N–H and O–H groups in total. The van der Waals surface area contributed by atoms with Crippen LogP contribution in [0.5, 0.6) is 5.75 Å². The molecule has 1 aromatic carbocycles. The van der Waals surface area contributed by atoms with Gasteiger partial charge >= 0.3 is 0 Å². The first-order chi connectivity index (χ1) is 12.2. The number of nitrogens with zero attached hydrogens (tertiary/aromatic N) is 1. The van der Waals surface area contributed by atoms with Crippen LogP contribution in [-0.4, -0.2) is 41.4 Å². The highest BCUT2D eigenvalue weighted by atomic mass is 16.5. The molecule has 1 aliphatic rings. The third kappa shape index (κ3) is 4.35. The normalized spacial score (nSPS) is 20.1. The highest BCUT2D eigenvalue weighted by molar-refractivity contribution is 5.93. The van der Waals surface area contributed by atoms with E-state index in [1.165, 1.54) is 0 Å². The first kappa shape index (κ1) is 17.4. The Morgan fingerprint density at radius 2 is 2.16 bits per heavy atom. The summed E-state index contributed by atoms with van der Waals surface area (Å²) in [6.07, 6.45) is 2.02. The zero-order valence-electron chi connectivity index (χ0n) is 14.1. The average molecular weight is 342 g/mol. The number of aryl methyl sites for hydroxylation is 1. The number of hydrogen-bond donors (Lipinski definition) is 2. The van der Waals surface area contributed by atoms with E-state index in [0.29, 0.717) is 31.1 Å². The van der Waals surface area contributed by atoms with Crippen molar-refractivity contribution in [1.29, 1.82) is 0 Å². The van der Waals surface area contributed by atoms with E-state index in [1.54, 1.807) is 6.20 Å². The van der Waals surface area contributed by atoms with Crippen LogP contribution in [0.15, 0.2) is 42.6 Å². The Balaban J connectivity index is 1.68. The fourth-order valence-corrected chi connectivity index (χ4v) is 2.80. The lowest BCUT2D eigenvalue weighted by Gasteiger charge is -2.32. The van der Waals surface area contributed by atoms with Gasteiger partial charge in [0, 0.05) is 12.8 Å². The summed E-state index contributed by atoms with van der Waals surface area (Å²) < 4.78 is 11.5. The minimum Gasteiger partial charge on any atom is -0.486 e. The van der Waals surface area contributed by atoms with Crippen molar-refractivity contribution in [3.63, 3.8) is 0 Å². The second-order valence-electron chi connectivity index (χ2n) is 6.07. The number of aliphatic hydroxyl groups is 1. The number of ether oxygens (including phenoxy) is 2. The topological polar surface area (TPSA) is 80.7 Å². The predicted molar refractivity (Wildman–Crippen MR) is 92.4 cm³/mol. The number of nitrogens with one attached hydrogen (secondary N) is 1. The van der Waals surface area contributed by atoms with Crippen molar-refractivity contribution in [2.45, 2.75) is 32.1 Å². The molecule has 0 aliphatic carbocycles. The maximum absolute atomic E-state index is 12.5. The molecule has 1 amide bonds. The molecule has 0 spiro atoms. The summed E-state index contributed by atoms with van der Waals surface area (Å²) >= 11 is 0. The summed E-state index contributed by atoms with van der Waals surface area (Å²) in [6.45, 7) is 2.85. The number of carbonyl (C=O) groups excluding carboxylic acids is 1. The third-order valence-corrected chi connectivity index (χ3v) is 4.24. The fraction of sp³-hybridized carbons (Fsp3) is 0.368. The number of aliphatic hydroxyl groups excluding tert-OH is 1. The van der Waals surface area contributed by atoms with Gasteiger partial charge in [0.05, 0.1) is 19.3 Å². The van der Waals surface area contributed by atoms with Crippen LogP contribution in [0.1, 0.15) is 28.0 Å². The molecule has 2 atom stereocenters. The number of hydrogen-bond acceptors (Lipinski definition) is 5. The Morgan fingerprint density at radius 3 is 2.88 bits per heavy atom. The lowest BCUT2D eigenvalue weighted by Crippen LogP contribution is -2.51. The van der Waals surface area contributed by atoms with Crippen molar-refractivity contribution in [1.82, 2.24) is 10.3 Å². The zero-order chi connectivity index (χ0) is 17.6. The number of amides is 1. The second kappa shape index (κ2) is 8.09. The van der Waals surface area contributed by atoms with Crippen molar-refractivity contribution in [3.8, 4) is 5.75 Å². The third-order valence-electron chi connectivity index (χ3n) is 4.24. The summed E-state index contributed by atoms with van der Waals surface area (Å²) in [4.78, 5) is 16.7. The molecule has 1 saturated heterocycles. The largest absolute Gasteiger partial charge is 0.486 e. The smallest absolute Gasteiger partial charge is 0.270 e. The molecule has 3 rings (SSSR count). The number of carbonyl (C=O) groups is 1. The Bertz CT molecular complexity index is 718. The van der Waals surface area contributed by atoms with Gasteiger partial charge < -0.3 is 19.9 Å². The SMILES string of the molecule is Cc1cccnc1C(=O)N[C@@H]1CCOC[C@H]1Oc1ccc(CO)cc1. The fourth-order valence-electron chi connectivity index (χ4n) is 2.80. The maximum atomic E-state index is 12.5. The van der Waals surface area contributed by atoms with Gasteiger partial charge in [-0.3, -0.25) is 9.78 Å². The van der Waals surface area contributed by atoms with Gasteiger partial charge in [-0.25, -0.2) is 0 Å². The van der Waals surface area contributed by atoms with Gasteiger partial charge in [-0.05, 0) is 42.7 Å². The zero-order valence-corrected chi connectivity index (χ0v) is 14.1. The van der Waals surface area contributed by atoms with Crippen LogP contribution in [0, 0.1) is 6.92 Å². The number of benzene rings is 1. The summed E-state index contributed by atoms with van der Waals surface area (Å²) in [5, 5.41) is 12.1. The standard InChI is InChI=1S/C19H22N2O4/c1-13-3-2-9-20-18(13)19(23)21-16-8-10-24-12-17(16)25-15-6-4-14(11-22)5-7-15/h2-7,9,16-17,22H,8,10-12H2,1H3,(H,21,23)/t16-,17-/m1/s1. The Labute approximate surface area is 146 Å². The molecule has 1 fully saturated rings. The summed E-state index contributed by atoms with van der Waals surface area (Å²) in [6, 6.07) is 10.8. The molecule has 0 radical (unpaired) electrons. The minimum atomic E-state index is -0.276. The van der Waals surface area contributed by atoms with Gasteiger partial charge in [-0.1, -0.05) is 18.2 Å². The molecule has 132 valence electrons. The molecule has 1 aromatic heterocycles. The Hall–Kier alpha value is -2.44. The van der Waals surface area contributed by atoms with Crippen molar-refractivity contribution in [2.24, 2.45) is 0 Å². The minimum absolute atomic E-state index is 0.00503. The van der Waals surface area contributed by atoms with E-state index in [2.05, 4.69) is 10.3 Å². The molecular formula is C19H22N2O4. The van der Waals surface area contributed by atoms with Gasteiger partial charge in [-0.15, -0.1) is 0 Å². The van der Waals surface area contributed by atoms with Gasteiger partial charge in [0.15, 0.2) is 0 Å². The monoisotopic (exact) mass is 342 g/mol. The van der Waals surface area contributed by atoms with Crippen LogP contribution in [0.2, 0.25) is 0 Å². The Kier molecular flexibility index (Phi) is 5.63. The lowest BCUT2D eigenvalue weighted by molar-refractivity contribution is -0.0135. The highest BCUT2D eigenvalue weighted by Gasteiger charge is 2.29. The maximum Gasteiger partial charge on any atom is 0.270 e. The average Bonchev–Trinajstić information content (AvgIpc) is 2.64.